The van der Waals surface area contributed by atoms with Gasteiger partial charge in [0.05, 0.1) is 45.2 Å². The topological polar surface area (TPSA) is 97.4 Å². The van der Waals surface area contributed by atoms with E-state index in [1.54, 1.807) is 13.2 Å². The molecule has 0 fully saturated rings. The van der Waals surface area contributed by atoms with Crippen LogP contribution in [0.5, 0.6) is 0 Å². The van der Waals surface area contributed by atoms with Gasteiger partial charge in [0.1, 0.15) is 11.5 Å². The molecule has 0 aliphatic rings. The fraction of sp³-hybridized carbons (Fsp3) is 0.519. The minimum atomic E-state index is -4.13. The van der Waals surface area contributed by atoms with Gasteiger partial charge in [0.25, 0.3) is 10.1 Å². The van der Waals surface area contributed by atoms with Crippen LogP contribution in [0.4, 0.5) is 0 Å². The van der Waals surface area contributed by atoms with Gasteiger partial charge in [0, 0.05) is 7.11 Å². The predicted molar refractivity (Wildman–Crippen MR) is 137 cm³/mol. The average Bonchev–Trinajstić information content (AvgIpc) is 2.85. The standard InChI is InChI=1S/C27H38O8S/c1-27(2,3)23-13-11-22(12-14-23)8-7-15-35-36(29,30)25-10-6-5-9-24(25)26(28)34-21-20-33-19-18-32-17-16-31-4/h5-6,9-14H,7-8,15-21H2,1-4H3. The SMILES string of the molecule is COCCOCCOCCOC(=O)c1ccccc1S(=O)(=O)OCCCc1ccc(C(C)(C)C)cc1. The summed E-state index contributed by atoms with van der Waals surface area (Å²) in [7, 11) is -2.53. The number of ether oxygens (including phenoxy) is 4. The molecule has 0 radical (unpaired) electrons. The average molecular weight is 523 g/mol. The van der Waals surface area contributed by atoms with Crippen molar-refractivity contribution in [2.24, 2.45) is 0 Å². The van der Waals surface area contributed by atoms with Crippen molar-refractivity contribution in [2.75, 3.05) is 53.4 Å². The zero-order valence-corrected chi connectivity index (χ0v) is 22.5. The molecule has 0 saturated carbocycles. The number of rotatable bonds is 16. The van der Waals surface area contributed by atoms with Crippen molar-refractivity contribution in [1.82, 2.24) is 0 Å². The first-order valence-electron chi connectivity index (χ1n) is 12.0. The third kappa shape index (κ3) is 10.4. The van der Waals surface area contributed by atoms with E-state index in [-0.39, 0.29) is 35.7 Å². The van der Waals surface area contributed by atoms with Crippen LogP contribution in [0, 0.1) is 0 Å². The fourth-order valence-electron chi connectivity index (χ4n) is 3.27. The highest BCUT2D eigenvalue weighted by molar-refractivity contribution is 7.86. The number of benzene rings is 2. The van der Waals surface area contributed by atoms with Gasteiger partial charge in [-0.3, -0.25) is 4.18 Å². The molecule has 9 heteroatoms. The normalized spacial score (nSPS) is 12.0. The summed E-state index contributed by atoms with van der Waals surface area (Å²) in [5.74, 6) is -0.753. The summed E-state index contributed by atoms with van der Waals surface area (Å²) >= 11 is 0. The molecular weight excluding hydrogens is 484 g/mol. The van der Waals surface area contributed by atoms with Crippen LogP contribution in [0.1, 0.15) is 48.7 Å². The van der Waals surface area contributed by atoms with E-state index < -0.39 is 16.1 Å². The van der Waals surface area contributed by atoms with Gasteiger partial charge >= 0.3 is 5.97 Å². The number of carbonyl (C=O) groups is 1. The van der Waals surface area contributed by atoms with Crippen LogP contribution in [0.15, 0.2) is 53.4 Å². The second-order valence-corrected chi connectivity index (χ2v) is 10.8. The molecule has 0 aliphatic carbocycles. The van der Waals surface area contributed by atoms with Crippen LogP contribution < -0.4 is 0 Å². The lowest BCUT2D eigenvalue weighted by molar-refractivity contribution is 0.00555. The van der Waals surface area contributed by atoms with E-state index in [9.17, 15) is 13.2 Å². The molecule has 2 rings (SSSR count). The van der Waals surface area contributed by atoms with Crippen LogP contribution in [-0.4, -0.2) is 67.7 Å². The summed E-state index contributed by atoms with van der Waals surface area (Å²) in [6, 6.07) is 14.1. The van der Waals surface area contributed by atoms with Gasteiger partial charge in [0.2, 0.25) is 0 Å². The van der Waals surface area contributed by atoms with Crippen molar-refractivity contribution in [1.29, 1.82) is 0 Å². The van der Waals surface area contributed by atoms with Crippen molar-refractivity contribution >= 4 is 16.1 Å². The van der Waals surface area contributed by atoms with Crippen LogP contribution >= 0.6 is 0 Å². The van der Waals surface area contributed by atoms with E-state index in [2.05, 4.69) is 45.0 Å². The molecule has 0 aromatic heterocycles. The Labute approximate surface area is 215 Å². The van der Waals surface area contributed by atoms with Gasteiger partial charge in [-0.15, -0.1) is 0 Å². The molecule has 0 bridgehead atoms. The van der Waals surface area contributed by atoms with Gasteiger partial charge in [0.15, 0.2) is 0 Å². The molecule has 0 atom stereocenters. The van der Waals surface area contributed by atoms with E-state index in [0.29, 0.717) is 39.3 Å². The molecule has 2 aromatic carbocycles. The Kier molecular flexibility index (Phi) is 12.5. The predicted octanol–water partition coefficient (Wildman–Crippen LogP) is 4.16. The monoisotopic (exact) mass is 522 g/mol. The summed E-state index contributed by atoms with van der Waals surface area (Å²) in [5.41, 5.74) is 2.36. The van der Waals surface area contributed by atoms with Crippen molar-refractivity contribution in [3.8, 4) is 0 Å². The highest BCUT2D eigenvalue weighted by Gasteiger charge is 2.24. The molecule has 0 N–H and O–H groups in total. The Morgan fingerprint density at radius 1 is 0.806 bits per heavy atom. The smallest absolute Gasteiger partial charge is 0.339 e. The molecule has 0 spiro atoms. The lowest BCUT2D eigenvalue weighted by Crippen LogP contribution is -2.17. The third-order valence-corrected chi connectivity index (χ3v) is 6.68. The Balaban J connectivity index is 1.80. The van der Waals surface area contributed by atoms with Crippen molar-refractivity contribution in [2.45, 2.75) is 43.9 Å². The van der Waals surface area contributed by atoms with Gasteiger partial charge in [-0.25, -0.2) is 4.79 Å². The van der Waals surface area contributed by atoms with Crippen LogP contribution in [0.2, 0.25) is 0 Å². The first-order chi connectivity index (χ1) is 17.1. The zero-order chi connectivity index (χ0) is 26.4. The second kappa shape index (κ2) is 15.1. The number of hydrogen-bond donors (Lipinski definition) is 0. The molecule has 200 valence electrons. The molecule has 0 unspecified atom stereocenters. The molecular formula is C27H38O8S. The maximum atomic E-state index is 12.8. The van der Waals surface area contributed by atoms with Crippen molar-refractivity contribution in [3.05, 3.63) is 65.2 Å². The largest absolute Gasteiger partial charge is 0.460 e. The lowest BCUT2D eigenvalue weighted by Gasteiger charge is -2.19. The maximum absolute atomic E-state index is 12.8. The summed E-state index contributed by atoms with van der Waals surface area (Å²) < 4.78 is 51.4. The molecule has 36 heavy (non-hydrogen) atoms. The van der Waals surface area contributed by atoms with Gasteiger partial charge < -0.3 is 18.9 Å². The summed E-state index contributed by atoms with van der Waals surface area (Å²) in [4.78, 5) is 12.3. The Hall–Kier alpha value is -2.30. The van der Waals surface area contributed by atoms with E-state index in [0.717, 1.165) is 5.56 Å². The molecule has 8 nitrogen and oxygen atoms in total. The minimum absolute atomic E-state index is 0.00697. The molecule has 0 aliphatic heterocycles. The maximum Gasteiger partial charge on any atom is 0.339 e. The number of methoxy groups -OCH3 is 1. The van der Waals surface area contributed by atoms with Crippen LogP contribution in [0.25, 0.3) is 0 Å². The van der Waals surface area contributed by atoms with E-state index in [1.807, 2.05) is 0 Å². The quantitative estimate of drug-likeness (QED) is 0.184. The van der Waals surface area contributed by atoms with Crippen molar-refractivity contribution in [3.63, 3.8) is 0 Å². The second-order valence-electron chi connectivity index (χ2n) is 9.18. The summed E-state index contributed by atoms with van der Waals surface area (Å²) in [6.45, 7) is 8.37. The Morgan fingerprint density at radius 2 is 1.42 bits per heavy atom. The fourth-order valence-corrected chi connectivity index (χ4v) is 4.40. The summed E-state index contributed by atoms with van der Waals surface area (Å²) in [5, 5.41) is 0. The van der Waals surface area contributed by atoms with E-state index >= 15 is 0 Å². The van der Waals surface area contributed by atoms with Crippen molar-refractivity contribution < 1.29 is 36.3 Å². The molecule has 0 saturated heterocycles. The number of hydrogen-bond acceptors (Lipinski definition) is 8. The first kappa shape index (κ1) is 29.9. The highest BCUT2D eigenvalue weighted by atomic mass is 32.2. The number of esters is 1. The Morgan fingerprint density at radius 3 is 2.06 bits per heavy atom. The number of aryl methyl sites for hydroxylation is 1. The summed E-state index contributed by atoms with van der Waals surface area (Å²) in [6.07, 6.45) is 1.20. The number of carbonyl (C=O) groups excluding carboxylic acids is 1. The van der Waals surface area contributed by atoms with Gasteiger partial charge in [-0.2, -0.15) is 8.42 Å². The third-order valence-electron chi connectivity index (χ3n) is 5.31. The van der Waals surface area contributed by atoms with Gasteiger partial charge in [-0.1, -0.05) is 57.2 Å². The lowest BCUT2D eigenvalue weighted by atomic mass is 9.86. The molecule has 2 aromatic rings. The molecule has 0 amide bonds. The van der Waals surface area contributed by atoms with Crippen LogP contribution in [-0.2, 0) is 45.1 Å². The van der Waals surface area contributed by atoms with Crippen LogP contribution in [0.3, 0.4) is 0 Å². The molecule has 0 heterocycles. The zero-order valence-electron chi connectivity index (χ0n) is 21.7. The van der Waals surface area contributed by atoms with Gasteiger partial charge in [-0.05, 0) is 41.5 Å². The van der Waals surface area contributed by atoms with E-state index in [1.165, 1.54) is 23.8 Å². The minimum Gasteiger partial charge on any atom is -0.460 e. The van der Waals surface area contributed by atoms with E-state index in [4.69, 9.17) is 23.1 Å². The Bertz CT molecular complexity index is 1030. The first-order valence-corrected chi connectivity index (χ1v) is 13.5. The highest BCUT2D eigenvalue weighted by Crippen LogP contribution is 2.23.